The summed E-state index contributed by atoms with van der Waals surface area (Å²) in [5.41, 5.74) is 0.952. The molecule has 1 aromatic carbocycles. The van der Waals surface area contributed by atoms with Crippen molar-refractivity contribution in [1.82, 2.24) is 10.2 Å². The third-order valence-corrected chi connectivity index (χ3v) is 5.18. The Morgan fingerprint density at radius 3 is 2.62 bits per heavy atom. The quantitative estimate of drug-likeness (QED) is 0.695. The number of morpholine rings is 1. The molecule has 2 aromatic rings. The Bertz CT molecular complexity index is 798. The van der Waals surface area contributed by atoms with Gasteiger partial charge in [-0.2, -0.15) is 0 Å². The van der Waals surface area contributed by atoms with Gasteiger partial charge in [-0.15, -0.1) is 0 Å². The second-order valence-corrected chi connectivity index (χ2v) is 7.09. The molecule has 7 nitrogen and oxygen atoms in total. The SMILES string of the molecule is COc1ccc(OC)c(CCC(=O)NCC(c2ccc(C)o2)N2CCOCC2)c1. The van der Waals surface area contributed by atoms with Crippen molar-refractivity contribution < 1.29 is 23.4 Å². The summed E-state index contributed by atoms with van der Waals surface area (Å²) in [5, 5.41) is 3.07. The van der Waals surface area contributed by atoms with Gasteiger partial charge in [0.25, 0.3) is 0 Å². The Balaban J connectivity index is 1.59. The molecule has 7 heteroatoms. The first-order valence-electron chi connectivity index (χ1n) is 9.96. The van der Waals surface area contributed by atoms with Gasteiger partial charge >= 0.3 is 0 Å². The third kappa shape index (κ3) is 5.74. The zero-order valence-electron chi connectivity index (χ0n) is 17.4. The van der Waals surface area contributed by atoms with E-state index < -0.39 is 0 Å². The van der Waals surface area contributed by atoms with E-state index in [1.165, 1.54) is 0 Å². The molecule has 0 radical (unpaired) electrons. The number of hydrogen-bond acceptors (Lipinski definition) is 6. The van der Waals surface area contributed by atoms with Crippen molar-refractivity contribution in [3.8, 4) is 11.5 Å². The number of hydrogen-bond donors (Lipinski definition) is 1. The van der Waals surface area contributed by atoms with E-state index >= 15 is 0 Å². The van der Waals surface area contributed by atoms with Gasteiger partial charge in [0, 0.05) is 26.1 Å². The van der Waals surface area contributed by atoms with Gasteiger partial charge < -0.3 is 23.9 Å². The summed E-state index contributed by atoms with van der Waals surface area (Å²) in [7, 11) is 3.25. The lowest BCUT2D eigenvalue weighted by Gasteiger charge is -2.33. The first-order valence-corrected chi connectivity index (χ1v) is 9.96. The molecule has 158 valence electrons. The zero-order chi connectivity index (χ0) is 20.6. The highest BCUT2D eigenvalue weighted by Crippen LogP contribution is 2.26. The summed E-state index contributed by atoms with van der Waals surface area (Å²) < 4.78 is 22.0. The lowest BCUT2D eigenvalue weighted by Crippen LogP contribution is -2.43. The number of aryl methyl sites for hydroxylation is 2. The van der Waals surface area contributed by atoms with Crippen molar-refractivity contribution >= 4 is 5.91 Å². The van der Waals surface area contributed by atoms with Crippen LogP contribution < -0.4 is 14.8 Å². The molecule has 1 aromatic heterocycles. The number of methoxy groups -OCH3 is 2. The van der Waals surface area contributed by atoms with Crippen molar-refractivity contribution in [3.05, 3.63) is 47.4 Å². The largest absolute Gasteiger partial charge is 0.497 e. The number of carbonyl (C=O) groups excluding carboxylic acids is 1. The van der Waals surface area contributed by atoms with Crippen molar-refractivity contribution in [2.75, 3.05) is 47.1 Å². The van der Waals surface area contributed by atoms with Gasteiger partial charge in [0.05, 0.1) is 33.5 Å². The summed E-state index contributed by atoms with van der Waals surface area (Å²) in [4.78, 5) is 14.8. The number of nitrogens with zero attached hydrogens (tertiary/aromatic N) is 1. The Hall–Kier alpha value is -2.51. The van der Waals surface area contributed by atoms with E-state index in [0.717, 1.165) is 41.7 Å². The van der Waals surface area contributed by atoms with Crippen LogP contribution in [-0.2, 0) is 16.0 Å². The van der Waals surface area contributed by atoms with Crippen LogP contribution in [0.25, 0.3) is 0 Å². The van der Waals surface area contributed by atoms with E-state index in [9.17, 15) is 4.79 Å². The molecule has 0 bridgehead atoms. The van der Waals surface area contributed by atoms with E-state index in [-0.39, 0.29) is 11.9 Å². The minimum Gasteiger partial charge on any atom is -0.497 e. The van der Waals surface area contributed by atoms with E-state index in [0.29, 0.717) is 32.6 Å². The minimum absolute atomic E-state index is 0.00269. The first kappa shape index (κ1) is 21.2. The zero-order valence-corrected chi connectivity index (χ0v) is 17.4. The molecule has 0 saturated carbocycles. The lowest BCUT2D eigenvalue weighted by molar-refractivity contribution is -0.121. The van der Waals surface area contributed by atoms with Gasteiger partial charge in [-0.05, 0) is 49.2 Å². The van der Waals surface area contributed by atoms with Crippen molar-refractivity contribution in [2.45, 2.75) is 25.8 Å². The maximum atomic E-state index is 12.5. The number of benzene rings is 1. The molecule has 1 aliphatic heterocycles. The van der Waals surface area contributed by atoms with Crippen LogP contribution in [0.4, 0.5) is 0 Å². The van der Waals surface area contributed by atoms with Gasteiger partial charge in [0.2, 0.25) is 5.91 Å². The number of amides is 1. The second-order valence-electron chi connectivity index (χ2n) is 7.09. The third-order valence-electron chi connectivity index (χ3n) is 5.18. The Morgan fingerprint density at radius 1 is 1.17 bits per heavy atom. The summed E-state index contributed by atoms with van der Waals surface area (Å²) >= 11 is 0. The number of ether oxygens (including phenoxy) is 3. The standard InChI is InChI=1S/C22H30N2O5/c1-16-4-7-21(29-16)19(24-10-12-28-13-11-24)15-23-22(25)9-5-17-14-18(26-2)6-8-20(17)27-3/h4,6-8,14,19H,5,9-13,15H2,1-3H3,(H,23,25). The molecule has 1 atom stereocenters. The maximum Gasteiger partial charge on any atom is 0.220 e. The Labute approximate surface area is 171 Å². The van der Waals surface area contributed by atoms with Gasteiger partial charge in [-0.3, -0.25) is 9.69 Å². The van der Waals surface area contributed by atoms with Crippen LogP contribution in [-0.4, -0.2) is 57.9 Å². The topological polar surface area (TPSA) is 73.2 Å². The van der Waals surface area contributed by atoms with Crippen molar-refractivity contribution in [1.29, 1.82) is 0 Å². The van der Waals surface area contributed by atoms with E-state index in [4.69, 9.17) is 18.6 Å². The van der Waals surface area contributed by atoms with Gasteiger partial charge in [0.15, 0.2) is 0 Å². The van der Waals surface area contributed by atoms with Crippen molar-refractivity contribution in [3.63, 3.8) is 0 Å². The molecule has 2 heterocycles. The van der Waals surface area contributed by atoms with Crippen LogP contribution >= 0.6 is 0 Å². The fraction of sp³-hybridized carbons (Fsp3) is 0.500. The maximum absolute atomic E-state index is 12.5. The summed E-state index contributed by atoms with van der Waals surface area (Å²) in [6.07, 6.45) is 0.949. The number of carbonyl (C=O) groups is 1. The molecular weight excluding hydrogens is 372 g/mol. The highest BCUT2D eigenvalue weighted by atomic mass is 16.5. The van der Waals surface area contributed by atoms with Gasteiger partial charge in [-0.25, -0.2) is 0 Å². The normalized spacial score (nSPS) is 15.7. The molecule has 1 unspecified atom stereocenters. The van der Waals surface area contributed by atoms with Gasteiger partial charge in [0.1, 0.15) is 23.0 Å². The van der Waals surface area contributed by atoms with Crippen LogP contribution in [0.1, 0.15) is 29.5 Å². The fourth-order valence-corrected chi connectivity index (χ4v) is 3.56. The predicted octanol–water partition coefficient (Wildman–Crippen LogP) is 2.73. The van der Waals surface area contributed by atoms with Crippen LogP contribution in [0.5, 0.6) is 11.5 Å². The van der Waals surface area contributed by atoms with Crippen molar-refractivity contribution in [2.24, 2.45) is 0 Å². The molecule has 29 heavy (non-hydrogen) atoms. The molecule has 1 saturated heterocycles. The minimum atomic E-state index is -0.00332. The summed E-state index contributed by atoms with van der Waals surface area (Å²) in [6.45, 7) is 5.46. The highest BCUT2D eigenvalue weighted by molar-refractivity contribution is 5.76. The number of rotatable bonds is 9. The predicted molar refractivity (Wildman–Crippen MR) is 109 cm³/mol. The molecule has 1 amide bonds. The first-order chi connectivity index (χ1) is 14.1. The van der Waals surface area contributed by atoms with Crippen LogP contribution in [0.3, 0.4) is 0 Å². The van der Waals surface area contributed by atoms with Crippen LogP contribution in [0.15, 0.2) is 34.7 Å². The second kappa shape index (κ2) is 10.3. The molecule has 0 spiro atoms. The van der Waals surface area contributed by atoms with Crippen LogP contribution in [0, 0.1) is 6.92 Å². The van der Waals surface area contributed by atoms with E-state index in [2.05, 4.69) is 10.2 Å². The van der Waals surface area contributed by atoms with E-state index in [1.807, 2.05) is 37.3 Å². The highest BCUT2D eigenvalue weighted by Gasteiger charge is 2.25. The summed E-state index contributed by atoms with van der Waals surface area (Å²) in [6, 6.07) is 9.57. The monoisotopic (exact) mass is 402 g/mol. The number of furan rings is 1. The fourth-order valence-electron chi connectivity index (χ4n) is 3.56. The molecule has 1 aliphatic rings. The average Bonchev–Trinajstić information content (AvgIpc) is 3.18. The Kier molecular flexibility index (Phi) is 7.55. The Morgan fingerprint density at radius 2 is 1.97 bits per heavy atom. The van der Waals surface area contributed by atoms with Crippen LogP contribution in [0.2, 0.25) is 0 Å². The number of nitrogens with one attached hydrogen (secondary N) is 1. The lowest BCUT2D eigenvalue weighted by atomic mass is 10.1. The average molecular weight is 402 g/mol. The van der Waals surface area contributed by atoms with E-state index in [1.54, 1.807) is 14.2 Å². The molecule has 0 aliphatic carbocycles. The summed E-state index contributed by atoms with van der Waals surface area (Å²) in [5.74, 6) is 3.25. The molecular formula is C22H30N2O5. The van der Waals surface area contributed by atoms with Gasteiger partial charge in [-0.1, -0.05) is 0 Å². The molecule has 1 fully saturated rings. The smallest absolute Gasteiger partial charge is 0.220 e. The molecule has 1 N–H and O–H groups in total. The molecule has 3 rings (SSSR count).